The molecule has 96 valence electrons. The van der Waals surface area contributed by atoms with Gasteiger partial charge < -0.3 is 14.9 Å². The van der Waals surface area contributed by atoms with E-state index >= 15 is 0 Å². The van der Waals surface area contributed by atoms with Crippen molar-refractivity contribution in [3.8, 4) is 5.75 Å². The lowest BCUT2D eigenvalue weighted by Gasteiger charge is -2.02. The Balaban J connectivity index is 1.76. The van der Waals surface area contributed by atoms with Crippen molar-refractivity contribution in [3.05, 3.63) is 54.2 Å². The second-order valence-corrected chi connectivity index (χ2v) is 4.08. The summed E-state index contributed by atoms with van der Waals surface area (Å²) < 4.78 is 24.0. The number of benzene rings is 2. The number of aromatic nitrogens is 1. The lowest BCUT2D eigenvalue weighted by atomic mass is 10.3. The Morgan fingerprint density at radius 1 is 1.16 bits per heavy atom. The number of rotatable bonds is 3. The highest BCUT2D eigenvalue weighted by atomic mass is 19.1. The smallest absolute Gasteiger partial charge is 0.233 e. The predicted octanol–water partition coefficient (Wildman–Crippen LogP) is 3.13. The summed E-state index contributed by atoms with van der Waals surface area (Å²) >= 11 is 0. The van der Waals surface area contributed by atoms with Gasteiger partial charge in [-0.2, -0.15) is 0 Å². The molecule has 0 fully saturated rings. The summed E-state index contributed by atoms with van der Waals surface area (Å²) in [7, 11) is 0. The predicted molar refractivity (Wildman–Crippen MR) is 69.2 cm³/mol. The van der Waals surface area contributed by atoms with Gasteiger partial charge in [0, 0.05) is 11.8 Å². The Bertz CT molecular complexity index is 707. The molecule has 0 saturated heterocycles. The monoisotopic (exact) mass is 258 g/mol. The first-order chi connectivity index (χ1) is 9.20. The van der Waals surface area contributed by atoms with E-state index in [9.17, 15) is 4.39 Å². The molecule has 0 aliphatic rings. The van der Waals surface area contributed by atoms with Crippen molar-refractivity contribution in [3.63, 3.8) is 0 Å². The van der Waals surface area contributed by atoms with Gasteiger partial charge in [0.25, 0.3) is 0 Å². The molecule has 0 amide bonds. The summed E-state index contributed by atoms with van der Waals surface area (Å²) in [4.78, 5) is 4.15. The van der Waals surface area contributed by atoms with E-state index in [-0.39, 0.29) is 12.4 Å². The van der Waals surface area contributed by atoms with Crippen molar-refractivity contribution >= 4 is 16.8 Å². The van der Waals surface area contributed by atoms with Crippen LogP contribution in [0, 0.1) is 5.82 Å². The van der Waals surface area contributed by atoms with Crippen LogP contribution in [0.2, 0.25) is 0 Å². The normalized spacial score (nSPS) is 10.8. The topological polar surface area (TPSA) is 61.3 Å². The molecule has 0 radical (unpaired) electrons. The number of anilines is 1. The zero-order chi connectivity index (χ0) is 13.2. The molecule has 0 aliphatic heterocycles. The standard InChI is InChI=1S/C14H11FN2O2/c15-9-1-6-13-12(7-9)17-14(19-13)8-18-11-4-2-10(16)3-5-11/h1-7H,8,16H2. The molecule has 1 heterocycles. The van der Waals surface area contributed by atoms with Crippen molar-refractivity contribution in [2.24, 2.45) is 0 Å². The Labute approximate surface area is 108 Å². The van der Waals surface area contributed by atoms with Crippen LogP contribution in [0.25, 0.3) is 11.1 Å². The van der Waals surface area contributed by atoms with E-state index in [0.717, 1.165) is 0 Å². The van der Waals surface area contributed by atoms with E-state index in [1.165, 1.54) is 12.1 Å². The average molecular weight is 258 g/mol. The quantitative estimate of drug-likeness (QED) is 0.733. The molecule has 3 rings (SSSR count). The zero-order valence-electron chi connectivity index (χ0n) is 9.97. The van der Waals surface area contributed by atoms with Crippen LogP contribution in [0.4, 0.5) is 10.1 Å². The summed E-state index contributed by atoms with van der Waals surface area (Å²) in [5, 5.41) is 0. The van der Waals surface area contributed by atoms with E-state index in [2.05, 4.69) is 4.98 Å². The number of oxazole rings is 1. The molecule has 1 aromatic heterocycles. The van der Waals surface area contributed by atoms with E-state index in [0.29, 0.717) is 28.4 Å². The molecule has 0 atom stereocenters. The molecule has 0 unspecified atom stereocenters. The van der Waals surface area contributed by atoms with Crippen LogP contribution in [0.15, 0.2) is 46.9 Å². The maximum Gasteiger partial charge on any atom is 0.233 e. The zero-order valence-corrected chi connectivity index (χ0v) is 9.97. The number of ether oxygens (including phenoxy) is 1. The highest BCUT2D eigenvalue weighted by Crippen LogP contribution is 2.19. The fourth-order valence-corrected chi connectivity index (χ4v) is 1.72. The number of nitrogens with two attached hydrogens (primary N) is 1. The molecule has 0 spiro atoms. The molecule has 2 aromatic carbocycles. The number of fused-ring (bicyclic) bond motifs is 1. The fourth-order valence-electron chi connectivity index (χ4n) is 1.72. The van der Waals surface area contributed by atoms with Crippen LogP contribution in [-0.4, -0.2) is 4.98 Å². The maximum absolute atomic E-state index is 13.0. The second kappa shape index (κ2) is 4.61. The number of nitrogens with zero attached hydrogens (tertiary/aromatic N) is 1. The van der Waals surface area contributed by atoms with Crippen molar-refractivity contribution in [2.45, 2.75) is 6.61 Å². The highest BCUT2D eigenvalue weighted by molar-refractivity contribution is 5.72. The van der Waals surface area contributed by atoms with Gasteiger partial charge in [0.15, 0.2) is 12.2 Å². The van der Waals surface area contributed by atoms with Crippen LogP contribution in [-0.2, 0) is 6.61 Å². The number of hydrogen-bond acceptors (Lipinski definition) is 4. The number of halogens is 1. The van der Waals surface area contributed by atoms with E-state index in [1.54, 1.807) is 30.3 Å². The van der Waals surface area contributed by atoms with Crippen molar-refractivity contribution in [1.29, 1.82) is 0 Å². The Morgan fingerprint density at radius 2 is 1.95 bits per heavy atom. The van der Waals surface area contributed by atoms with Gasteiger partial charge in [-0.05, 0) is 36.4 Å². The first-order valence-electron chi connectivity index (χ1n) is 5.74. The van der Waals surface area contributed by atoms with Gasteiger partial charge >= 0.3 is 0 Å². The van der Waals surface area contributed by atoms with Crippen molar-refractivity contribution < 1.29 is 13.5 Å². The Hall–Kier alpha value is -2.56. The third-order valence-corrected chi connectivity index (χ3v) is 2.64. The van der Waals surface area contributed by atoms with Gasteiger partial charge in [0.05, 0.1) is 0 Å². The lowest BCUT2D eigenvalue weighted by Crippen LogP contribution is -1.95. The summed E-state index contributed by atoms with van der Waals surface area (Å²) in [6.07, 6.45) is 0. The molecule has 5 heteroatoms. The lowest BCUT2D eigenvalue weighted by molar-refractivity contribution is 0.267. The maximum atomic E-state index is 13.0. The largest absolute Gasteiger partial charge is 0.484 e. The van der Waals surface area contributed by atoms with Crippen LogP contribution in [0.3, 0.4) is 0 Å². The van der Waals surface area contributed by atoms with Crippen molar-refractivity contribution in [1.82, 2.24) is 4.98 Å². The van der Waals surface area contributed by atoms with E-state index in [4.69, 9.17) is 14.9 Å². The van der Waals surface area contributed by atoms with E-state index in [1.807, 2.05) is 0 Å². The molecule has 4 nitrogen and oxygen atoms in total. The molecule has 0 bridgehead atoms. The van der Waals surface area contributed by atoms with Gasteiger partial charge in [-0.25, -0.2) is 9.37 Å². The van der Waals surface area contributed by atoms with Gasteiger partial charge in [0.2, 0.25) is 5.89 Å². The van der Waals surface area contributed by atoms with E-state index < -0.39 is 0 Å². The molecular weight excluding hydrogens is 247 g/mol. The Kier molecular flexibility index (Phi) is 2.79. The summed E-state index contributed by atoms with van der Waals surface area (Å²) in [6.45, 7) is 0.181. The minimum Gasteiger partial charge on any atom is -0.484 e. The number of nitrogen functional groups attached to an aromatic ring is 1. The second-order valence-electron chi connectivity index (χ2n) is 4.08. The molecule has 2 N–H and O–H groups in total. The first-order valence-corrected chi connectivity index (χ1v) is 5.74. The molecule has 0 aliphatic carbocycles. The third kappa shape index (κ3) is 2.49. The molecular formula is C14H11FN2O2. The minimum absolute atomic E-state index is 0.181. The molecule has 19 heavy (non-hydrogen) atoms. The van der Waals surface area contributed by atoms with Gasteiger partial charge in [-0.1, -0.05) is 0 Å². The summed E-state index contributed by atoms with van der Waals surface area (Å²) in [5.41, 5.74) is 7.27. The highest BCUT2D eigenvalue weighted by Gasteiger charge is 2.07. The van der Waals surface area contributed by atoms with Crippen LogP contribution in [0.5, 0.6) is 5.75 Å². The van der Waals surface area contributed by atoms with Crippen molar-refractivity contribution in [2.75, 3.05) is 5.73 Å². The Morgan fingerprint density at radius 3 is 2.74 bits per heavy atom. The fraction of sp³-hybridized carbons (Fsp3) is 0.0714. The van der Waals surface area contributed by atoms with Gasteiger partial charge in [-0.3, -0.25) is 0 Å². The van der Waals surface area contributed by atoms with Crippen LogP contribution < -0.4 is 10.5 Å². The summed E-state index contributed by atoms with van der Waals surface area (Å²) in [5.74, 6) is 0.729. The molecule has 3 aromatic rings. The van der Waals surface area contributed by atoms with Crippen LogP contribution in [0.1, 0.15) is 5.89 Å². The van der Waals surface area contributed by atoms with Gasteiger partial charge in [-0.15, -0.1) is 0 Å². The minimum atomic E-state index is -0.341. The van der Waals surface area contributed by atoms with Crippen LogP contribution >= 0.6 is 0 Å². The average Bonchev–Trinajstić information content (AvgIpc) is 2.80. The number of hydrogen-bond donors (Lipinski definition) is 1. The SMILES string of the molecule is Nc1ccc(OCc2nc3cc(F)ccc3o2)cc1. The third-order valence-electron chi connectivity index (χ3n) is 2.64. The van der Waals surface area contributed by atoms with Gasteiger partial charge in [0.1, 0.15) is 17.1 Å². The molecule has 0 saturated carbocycles. The first kappa shape index (κ1) is 11.5. The summed E-state index contributed by atoms with van der Waals surface area (Å²) in [6, 6.07) is 11.2.